The van der Waals surface area contributed by atoms with Gasteiger partial charge in [0.05, 0.1) is 18.4 Å². The minimum Gasteiger partial charge on any atom is -0.382 e. The van der Waals surface area contributed by atoms with Gasteiger partial charge in [-0.15, -0.1) is 0 Å². The lowest BCUT2D eigenvalue weighted by atomic mass is 10.0. The van der Waals surface area contributed by atoms with Crippen molar-refractivity contribution in [2.75, 3.05) is 11.5 Å². The van der Waals surface area contributed by atoms with Crippen molar-refractivity contribution in [1.29, 1.82) is 5.26 Å². The van der Waals surface area contributed by atoms with Crippen molar-refractivity contribution in [3.63, 3.8) is 0 Å². The fourth-order valence-corrected chi connectivity index (χ4v) is 2.89. The minimum absolute atomic E-state index is 0.0194. The van der Waals surface area contributed by atoms with Crippen LogP contribution in [-0.2, 0) is 11.3 Å². The van der Waals surface area contributed by atoms with Gasteiger partial charge in [-0.2, -0.15) is 10.2 Å². The zero-order valence-electron chi connectivity index (χ0n) is 13.1. The average molecular weight is 327 g/mol. The van der Waals surface area contributed by atoms with Crippen molar-refractivity contribution in [2.24, 2.45) is 0 Å². The Labute approximate surface area is 139 Å². The summed E-state index contributed by atoms with van der Waals surface area (Å²) in [7, 11) is 0. The van der Waals surface area contributed by atoms with Gasteiger partial charge in [0.1, 0.15) is 23.3 Å². The molecule has 124 valence electrons. The van der Waals surface area contributed by atoms with Gasteiger partial charge >= 0.3 is 0 Å². The fraction of sp³-hybridized carbons (Fsp3) is 0.353. The molecule has 0 saturated heterocycles. The highest BCUT2D eigenvalue weighted by molar-refractivity contribution is 5.73. The monoisotopic (exact) mass is 327 g/mol. The molecular weight excluding hydrogens is 309 g/mol. The molecule has 24 heavy (non-hydrogen) atoms. The zero-order valence-corrected chi connectivity index (χ0v) is 13.1. The Bertz CT molecular complexity index is 796. The molecule has 1 aliphatic carbocycles. The number of aromatic nitrogens is 2. The van der Waals surface area contributed by atoms with Gasteiger partial charge in [0.15, 0.2) is 0 Å². The number of halogens is 1. The number of nitrogen functional groups attached to an aromatic ring is 2. The number of hydrogen-bond acceptors (Lipinski definition) is 6. The van der Waals surface area contributed by atoms with Crippen LogP contribution in [0.2, 0.25) is 0 Å². The summed E-state index contributed by atoms with van der Waals surface area (Å²) >= 11 is 0. The van der Waals surface area contributed by atoms with Crippen molar-refractivity contribution >= 4 is 11.8 Å². The van der Waals surface area contributed by atoms with E-state index in [1.165, 1.54) is 18.9 Å². The number of hydrogen-bond donors (Lipinski definition) is 2. The molecule has 1 heterocycles. The van der Waals surface area contributed by atoms with Crippen LogP contribution < -0.4 is 11.5 Å². The van der Waals surface area contributed by atoms with Gasteiger partial charge in [0, 0.05) is 11.1 Å². The van der Waals surface area contributed by atoms with Crippen molar-refractivity contribution in [1.82, 2.24) is 9.97 Å². The number of nitrogens with two attached hydrogens (primary N) is 2. The van der Waals surface area contributed by atoms with Crippen LogP contribution in [0, 0.1) is 17.1 Å². The van der Waals surface area contributed by atoms with E-state index in [-0.39, 0.29) is 35.7 Å². The predicted octanol–water partition coefficient (Wildman–Crippen LogP) is 2.78. The summed E-state index contributed by atoms with van der Waals surface area (Å²) in [5.74, 6) is -0.491. The van der Waals surface area contributed by atoms with Crippen molar-refractivity contribution < 1.29 is 9.13 Å². The molecule has 1 aromatic heterocycles. The Kier molecular flexibility index (Phi) is 4.58. The van der Waals surface area contributed by atoms with Crippen LogP contribution in [0.3, 0.4) is 0 Å². The van der Waals surface area contributed by atoms with Crippen molar-refractivity contribution in [3.8, 4) is 17.3 Å². The Morgan fingerprint density at radius 3 is 2.67 bits per heavy atom. The van der Waals surface area contributed by atoms with Gasteiger partial charge in [-0.25, -0.2) is 9.37 Å². The molecule has 7 heteroatoms. The van der Waals surface area contributed by atoms with E-state index in [0.717, 1.165) is 12.8 Å². The molecule has 1 aliphatic rings. The molecule has 0 atom stereocenters. The smallest absolute Gasteiger partial charge is 0.222 e. The summed E-state index contributed by atoms with van der Waals surface area (Å²) in [4.78, 5) is 7.77. The summed E-state index contributed by atoms with van der Waals surface area (Å²) in [5.41, 5.74) is 12.5. The summed E-state index contributed by atoms with van der Waals surface area (Å²) in [5, 5.41) is 9.22. The lowest BCUT2D eigenvalue weighted by Gasteiger charge is -2.12. The summed E-state index contributed by atoms with van der Waals surface area (Å²) in [6.07, 6.45) is 4.62. The molecule has 0 radical (unpaired) electrons. The standard InChI is InChI=1S/C17H18FN5O/c18-14-7-10(15-13(8-19)16(20)23-17(21)22-15)5-6-11(14)9-24-12-3-1-2-4-12/h5-7,12H,1-4,9H2,(H4,20,21,22,23). The van der Waals surface area contributed by atoms with Gasteiger partial charge in [0.2, 0.25) is 5.95 Å². The number of nitriles is 1. The van der Waals surface area contributed by atoms with Crippen LogP contribution in [-0.4, -0.2) is 16.1 Å². The van der Waals surface area contributed by atoms with E-state index in [2.05, 4.69) is 9.97 Å². The Hall–Kier alpha value is -2.72. The summed E-state index contributed by atoms with van der Waals surface area (Å²) in [6, 6.07) is 6.56. The molecule has 6 nitrogen and oxygen atoms in total. The molecule has 0 aliphatic heterocycles. The molecule has 1 fully saturated rings. The zero-order chi connectivity index (χ0) is 17.1. The third-order valence-corrected chi connectivity index (χ3v) is 4.17. The first-order chi connectivity index (χ1) is 11.6. The molecule has 2 aromatic rings. The maximum absolute atomic E-state index is 14.4. The Balaban J connectivity index is 1.86. The molecule has 0 bridgehead atoms. The Morgan fingerprint density at radius 1 is 1.25 bits per heavy atom. The summed E-state index contributed by atoms with van der Waals surface area (Å²) < 4.78 is 20.1. The molecule has 0 spiro atoms. The topological polar surface area (TPSA) is 111 Å². The van der Waals surface area contributed by atoms with E-state index in [9.17, 15) is 9.65 Å². The van der Waals surface area contributed by atoms with Crippen LogP contribution >= 0.6 is 0 Å². The maximum Gasteiger partial charge on any atom is 0.222 e. The van der Waals surface area contributed by atoms with Gasteiger partial charge < -0.3 is 16.2 Å². The van der Waals surface area contributed by atoms with Crippen molar-refractivity contribution in [2.45, 2.75) is 38.4 Å². The normalized spacial score (nSPS) is 14.7. The van der Waals surface area contributed by atoms with E-state index in [4.69, 9.17) is 16.2 Å². The lowest BCUT2D eigenvalue weighted by Crippen LogP contribution is -2.08. The lowest BCUT2D eigenvalue weighted by molar-refractivity contribution is 0.0441. The van der Waals surface area contributed by atoms with Crippen LogP contribution in [0.25, 0.3) is 11.3 Å². The average Bonchev–Trinajstić information content (AvgIpc) is 3.06. The van der Waals surface area contributed by atoms with Crippen LogP contribution in [0.5, 0.6) is 0 Å². The van der Waals surface area contributed by atoms with Gasteiger partial charge in [-0.3, -0.25) is 0 Å². The second-order valence-electron chi connectivity index (χ2n) is 5.83. The molecule has 1 aromatic carbocycles. The first-order valence-electron chi connectivity index (χ1n) is 7.82. The maximum atomic E-state index is 14.4. The highest BCUT2D eigenvalue weighted by Crippen LogP contribution is 2.28. The molecule has 1 saturated carbocycles. The number of benzene rings is 1. The fourth-order valence-electron chi connectivity index (χ4n) is 2.89. The first-order valence-corrected chi connectivity index (χ1v) is 7.82. The van der Waals surface area contributed by atoms with E-state index in [1.54, 1.807) is 12.1 Å². The second-order valence-corrected chi connectivity index (χ2v) is 5.83. The van der Waals surface area contributed by atoms with Gasteiger partial charge in [-0.1, -0.05) is 25.0 Å². The van der Waals surface area contributed by atoms with E-state index < -0.39 is 5.82 Å². The molecule has 3 rings (SSSR count). The highest BCUT2D eigenvalue weighted by atomic mass is 19.1. The summed E-state index contributed by atoms with van der Waals surface area (Å²) in [6.45, 7) is 0.232. The molecular formula is C17H18FN5O. The highest BCUT2D eigenvalue weighted by Gasteiger charge is 2.17. The molecule has 4 N–H and O–H groups in total. The number of nitrogens with zero attached hydrogens (tertiary/aromatic N) is 3. The van der Waals surface area contributed by atoms with E-state index in [1.807, 2.05) is 6.07 Å². The quantitative estimate of drug-likeness (QED) is 0.893. The number of ether oxygens (including phenoxy) is 1. The Morgan fingerprint density at radius 2 is 2.00 bits per heavy atom. The second kappa shape index (κ2) is 6.81. The van der Waals surface area contributed by atoms with E-state index >= 15 is 0 Å². The number of anilines is 2. The third-order valence-electron chi connectivity index (χ3n) is 4.17. The number of rotatable bonds is 4. The van der Waals surface area contributed by atoms with Crippen LogP contribution in [0.4, 0.5) is 16.2 Å². The van der Waals surface area contributed by atoms with E-state index in [0.29, 0.717) is 11.1 Å². The SMILES string of the molecule is N#Cc1c(N)nc(N)nc1-c1ccc(COC2CCCC2)c(F)c1. The molecule has 0 amide bonds. The van der Waals surface area contributed by atoms with Gasteiger partial charge in [0.25, 0.3) is 0 Å². The van der Waals surface area contributed by atoms with Gasteiger partial charge in [-0.05, 0) is 18.9 Å². The minimum atomic E-state index is -0.412. The largest absolute Gasteiger partial charge is 0.382 e. The first kappa shape index (κ1) is 16.1. The van der Waals surface area contributed by atoms with Crippen molar-refractivity contribution in [3.05, 3.63) is 35.1 Å². The third kappa shape index (κ3) is 3.29. The van der Waals surface area contributed by atoms with Crippen LogP contribution in [0.1, 0.15) is 36.8 Å². The predicted molar refractivity (Wildman–Crippen MR) is 88.0 cm³/mol. The van der Waals surface area contributed by atoms with Crippen LogP contribution in [0.15, 0.2) is 18.2 Å². The molecule has 0 unspecified atom stereocenters.